The van der Waals surface area contributed by atoms with Crippen molar-refractivity contribution in [1.82, 2.24) is 0 Å². The summed E-state index contributed by atoms with van der Waals surface area (Å²) in [6.45, 7) is -0.117. The Bertz CT molecular complexity index is 787. The molecule has 0 unspecified atom stereocenters. The van der Waals surface area contributed by atoms with Crippen molar-refractivity contribution in [2.24, 2.45) is 0 Å². The minimum absolute atomic E-state index is 0.117. The number of ether oxygens (including phenoxy) is 2. The van der Waals surface area contributed by atoms with Crippen LogP contribution < -0.4 is 4.74 Å². The second-order valence-electron chi connectivity index (χ2n) is 4.91. The maximum atomic E-state index is 12.6. The largest absolute Gasteiger partial charge is 0.482 e. The van der Waals surface area contributed by atoms with E-state index in [1.54, 1.807) is 12.1 Å². The first-order valence-corrected chi connectivity index (χ1v) is 6.88. The van der Waals surface area contributed by atoms with Crippen LogP contribution in [0.2, 0.25) is 0 Å². The lowest BCUT2D eigenvalue weighted by Crippen LogP contribution is -2.07. The predicted octanol–water partition coefficient (Wildman–Crippen LogP) is 3.98. The van der Waals surface area contributed by atoms with Gasteiger partial charge in [-0.15, -0.1) is 0 Å². The van der Waals surface area contributed by atoms with Crippen LogP contribution in [-0.4, -0.2) is 18.0 Å². The molecule has 0 spiro atoms. The van der Waals surface area contributed by atoms with Gasteiger partial charge in [-0.2, -0.15) is 13.2 Å². The van der Waals surface area contributed by atoms with Crippen LogP contribution in [0.25, 0.3) is 0 Å². The van der Waals surface area contributed by atoms with Crippen LogP contribution in [0.3, 0.4) is 0 Å². The molecule has 2 aromatic rings. The molecule has 0 heterocycles. The number of hydrogen-bond acceptors (Lipinski definition) is 5. The maximum Gasteiger partial charge on any atom is 0.416 e. The van der Waals surface area contributed by atoms with E-state index in [1.807, 2.05) is 0 Å². The molecule has 0 bridgehead atoms. The van der Waals surface area contributed by atoms with Crippen molar-refractivity contribution in [3.63, 3.8) is 0 Å². The SMILES string of the molecule is COC(=O)c1ccc(COc2ccc(C(F)(F)F)cc2[N+](=O)[O-])cc1. The molecule has 0 radical (unpaired) electrons. The third kappa shape index (κ3) is 4.46. The van der Waals surface area contributed by atoms with E-state index in [0.717, 1.165) is 6.07 Å². The highest BCUT2D eigenvalue weighted by atomic mass is 19.4. The second-order valence-corrected chi connectivity index (χ2v) is 4.91. The van der Waals surface area contributed by atoms with Gasteiger partial charge in [-0.1, -0.05) is 12.1 Å². The van der Waals surface area contributed by atoms with Gasteiger partial charge in [-0.3, -0.25) is 10.1 Å². The summed E-state index contributed by atoms with van der Waals surface area (Å²) in [6.07, 6.45) is -4.69. The zero-order chi connectivity index (χ0) is 18.6. The number of nitrogens with zero attached hydrogens (tertiary/aromatic N) is 1. The summed E-state index contributed by atoms with van der Waals surface area (Å²) in [5.41, 5.74) is -1.02. The normalized spacial score (nSPS) is 11.0. The molecule has 0 saturated carbocycles. The Kier molecular flexibility index (Phi) is 5.26. The van der Waals surface area contributed by atoms with Gasteiger partial charge >= 0.3 is 17.8 Å². The molecule has 25 heavy (non-hydrogen) atoms. The quantitative estimate of drug-likeness (QED) is 0.460. The van der Waals surface area contributed by atoms with Crippen LogP contribution in [0.4, 0.5) is 18.9 Å². The Morgan fingerprint density at radius 2 is 1.80 bits per heavy atom. The van der Waals surface area contributed by atoms with Crippen LogP contribution >= 0.6 is 0 Å². The van der Waals surface area contributed by atoms with Gasteiger partial charge < -0.3 is 9.47 Å². The Labute approximate surface area is 139 Å². The van der Waals surface area contributed by atoms with Gasteiger partial charge in [0.05, 0.1) is 23.2 Å². The third-order valence-corrected chi connectivity index (χ3v) is 3.25. The molecule has 2 rings (SSSR count). The van der Waals surface area contributed by atoms with Crippen molar-refractivity contribution >= 4 is 11.7 Å². The van der Waals surface area contributed by atoms with Crippen LogP contribution in [0, 0.1) is 10.1 Å². The number of esters is 1. The van der Waals surface area contributed by atoms with Gasteiger partial charge in [0.2, 0.25) is 0 Å². The number of nitro benzene ring substituents is 1. The van der Waals surface area contributed by atoms with Crippen LogP contribution in [0.15, 0.2) is 42.5 Å². The molecule has 6 nitrogen and oxygen atoms in total. The number of rotatable bonds is 5. The molecule has 0 fully saturated rings. The van der Waals surface area contributed by atoms with E-state index in [1.165, 1.54) is 19.2 Å². The first kappa shape index (κ1) is 18.2. The van der Waals surface area contributed by atoms with E-state index in [2.05, 4.69) is 4.74 Å². The van der Waals surface area contributed by atoms with Gasteiger partial charge in [0.15, 0.2) is 5.75 Å². The van der Waals surface area contributed by atoms with E-state index in [-0.39, 0.29) is 12.4 Å². The van der Waals surface area contributed by atoms with E-state index >= 15 is 0 Å². The van der Waals surface area contributed by atoms with Crippen LogP contribution in [0.5, 0.6) is 5.75 Å². The van der Waals surface area contributed by atoms with Crippen molar-refractivity contribution in [2.75, 3.05) is 7.11 Å². The minimum atomic E-state index is -4.69. The Hall–Kier alpha value is -3.10. The van der Waals surface area contributed by atoms with E-state index in [0.29, 0.717) is 23.3 Å². The molecule has 0 aliphatic rings. The lowest BCUT2D eigenvalue weighted by molar-refractivity contribution is -0.386. The summed E-state index contributed by atoms with van der Waals surface area (Å²) in [6, 6.07) is 8.09. The summed E-state index contributed by atoms with van der Waals surface area (Å²) >= 11 is 0. The van der Waals surface area contributed by atoms with Gasteiger partial charge in [0, 0.05) is 6.07 Å². The Morgan fingerprint density at radius 3 is 2.32 bits per heavy atom. The molecular weight excluding hydrogens is 343 g/mol. The number of alkyl halides is 3. The van der Waals surface area contributed by atoms with Crippen molar-refractivity contribution in [1.29, 1.82) is 0 Å². The third-order valence-electron chi connectivity index (χ3n) is 3.25. The van der Waals surface area contributed by atoms with Gasteiger partial charge in [0.25, 0.3) is 0 Å². The van der Waals surface area contributed by atoms with Crippen molar-refractivity contribution in [2.45, 2.75) is 12.8 Å². The summed E-state index contributed by atoms with van der Waals surface area (Å²) in [4.78, 5) is 21.3. The van der Waals surface area contributed by atoms with E-state index in [9.17, 15) is 28.1 Å². The van der Waals surface area contributed by atoms with E-state index in [4.69, 9.17) is 4.74 Å². The Balaban J connectivity index is 2.17. The van der Waals surface area contributed by atoms with Crippen LogP contribution in [-0.2, 0) is 17.5 Å². The average molecular weight is 355 g/mol. The number of benzene rings is 2. The standard InChI is InChI=1S/C16H12F3NO5/c1-24-15(21)11-4-2-10(3-5-11)9-25-14-7-6-12(16(17,18)19)8-13(14)20(22)23/h2-8H,9H2,1H3. The lowest BCUT2D eigenvalue weighted by atomic mass is 10.1. The molecule has 0 aliphatic carbocycles. The molecule has 0 atom stereocenters. The first-order chi connectivity index (χ1) is 11.7. The molecule has 132 valence electrons. The number of methoxy groups -OCH3 is 1. The van der Waals surface area contributed by atoms with Crippen molar-refractivity contribution < 1.29 is 32.4 Å². The maximum absolute atomic E-state index is 12.6. The molecule has 0 N–H and O–H groups in total. The highest BCUT2D eigenvalue weighted by molar-refractivity contribution is 5.89. The molecule has 0 saturated heterocycles. The van der Waals surface area contributed by atoms with Crippen LogP contribution in [0.1, 0.15) is 21.5 Å². The fraction of sp³-hybridized carbons (Fsp3) is 0.188. The van der Waals surface area contributed by atoms with Gasteiger partial charge in [-0.25, -0.2) is 4.79 Å². The highest BCUT2D eigenvalue weighted by Gasteiger charge is 2.33. The summed E-state index contributed by atoms with van der Waals surface area (Å²) in [5, 5.41) is 11.0. The fourth-order valence-electron chi connectivity index (χ4n) is 1.97. The first-order valence-electron chi connectivity index (χ1n) is 6.88. The number of nitro groups is 1. The summed E-state index contributed by atoms with van der Waals surface area (Å²) < 4.78 is 47.7. The topological polar surface area (TPSA) is 78.7 Å². The zero-order valence-electron chi connectivity index (χ0n) is 12.9. The zero-order valence-corrected chi connectivity index (χ0v) is 12.9. The van der Waals surface area contributed by atoms with Crippen molar-refractivity contribution in [3.05, 3.63) is 69.3 Å². The minimum Gasteiger partial charge on any atom is -0.482 e. The fourth-order valence-corrected chi connectivity index (χ4v) is 1.97. The van der Waals surface area contributed by atoms with Gasteiger partial charge in [-0.05, 0) is 29.8 Å². The molecule has 0 aliphatic heterocycles. The number of carbonyl (C=O) groups is 1. The Morgan fingerprint density at radius 1 is 1.16 bits per heavy atom. The summed E-state index contributed by atoms with van der Waals surface area (Å²) in [5.74, 6) is -0.805. The van der Waals surface area contributed by atoms with Crippen molar-refractivity contribution in [3.8, 4) is 5.75 Å². The second kappa shape index (κ2) is 7.20. The monoisotopic (exact) mass is 355 g/mol. The smallest absolute Gasteiger partial charge is 0.416 e. The number of halogens is 3. The molecule has 0 aromatic heterocycles. The lowest BCUT2D eigenvalue weighted by Gasteiger charge is -2.10. The number of carbonyl (C=O) groups excluding carboxylic acids is 1. The highest BCUT2D eigenvalue weighted by Crippen LogP contribution is 2.36. The molecule has 2 aromatic carbocycles. The van der Waals surface area contributed by atoms with Gasteiger partial charge in [0.1, 0.15) is 6.61 Å². The molecule has 0 amide bonds. The summed E-state index contributed by atoms with van der Waals surface area (Å²) in [7, 11) is 1.24. The predicted molar refractivity (Wildman–Crippen MR) is 80.2 cm³/mol. The molecule has 9 heteroatoms. The molecular formula is C16H12F3NO5. The van der Waals surface area contributed by atoms with E-state index < -0.39 is 28.3 Å². The number of hydrogen-bond donors (Lipinski definition) is 0. The average Bonchev–Trinajstić information content (AvgIpc) is 2.58.